The summed E-state index contributed by atoms with van der Waals surface area (Å²) in [4.78, 5) is 0. The van der Waals surface area contributed by atoms with Crippen molar-refractivity contribution in [2.24, 2.45) is 11.7 Å². The van der Waals surface area contributed by atoms with Crippen molar-refractivity contribution in [2.45, 2.75) is 25.7 Å². The monoisotopic (exact) mass is 98.1 g/mol. The van der Waals surface area contributed by atoms with Gasteiger partial charge in [-0.1, -0.05) is 12.8 Å². The van der Waals surface area contributed by atoms with E-state index in [2.05, 4.69) is 0 Å². The lowest BCUT2D eigenvalue weighted by Crippen LogP contribution is -2.01. The molecular formula is C6H12N. The second kappa shape index (κ2) is 2.31. The number of hydrogen-bond acceptors (Lipinski definition) is 1. The molecule has 0 heterocycles. The van der Waals surface area contributed by atoms with Gasteiger partial charge in [-0.2, -0.15) is 0 Å². The van der Waals surface area contributed by atoms with Gasteiger partial charge in [0.2, 0.25) is 0 Å². The van der Waals surface area contributed by atoms with E-state index in [0.717, 1.165) is 5.92 Å². The number of rotatable bonds is 1. The summed E-state index contributed by atoms with van der Waals surface area (Å²) >= 11 is 0. The molecule has 0 amide bonds. The lowest BCUT2D eigenvalue weighted by Gasteiger charge is -1.99. The van der Waals surface area contributed by atoms with Gasteiger partial charge in [0.15, 0.2) is 0 Å². The zero-order valence-corrected chi connectivity index (χ0v) is 4.56. The van der Waals surface area contributed by atoms with E-state index in [4.69, 9.17) is 5.73 Å². The Labute approximate surface area is 44.9 Å². The minimum Gasteiger partial charge on any atom is -0.326 e. The quantitative estimate of drug-likeness (QED) is 0.525. The van der Waals surface area contributed by atoms with E-state index in [1.807, 2.05) is 6.54 Å². The normalized spacial score (nSPS) is 23.6. The highest BCUT2D eigenvalue weighted by Gasteiger charge is 2.11. The summed E-state index contributed by atoms with van der Waals surface area (Å²) in [7, 11) is 0. The van der Waals surface area contributed by atoms with Crippen molar-refractivity contribution >= 4 is 0 Å². The molecule has 0 spiro atoms. The Kier molecular flexibility index (Phi) is 1.69. The summed E-state index contributed by atoms with van der Waals surface area (Å²) in [6, 6.07) is 0. The summed E-state index contributed by atoms with van der Waals surface area (Å²) in [6.07, 6.45) is 5.43. The van der Waals surface area contributed by atoms with Gasteiger partial charge in [-0.15, -0.1) is 0 Å². The van der Waals surface area contributed by atoms with Gasteiger partial charge in [0.25, 0.3) is 0 Å². The SMILES string of the molecule is N[CH]C1CCCC1. The van der Waals surface area contributed by atoms with Crippen molar-refractivity contribution in [3.8, 4) is 0 Å². The van der Waals surface area contributed by atoms with Crippen LogP contribution in [-0.2, 0) is 0 Å². The molecule has 1 heteroatoms. The maximum absolute atomic E-state index is 5.31. The van der Waals surface area contributed by atoms with Crippen molar-refractivity contribution in [1.82, 2.24) is 0 Å². The smallest absolute Gasteiger partial charge is 0.0223 e. The average molecular weight is 98.2 g/mol. The largest absolute Gasteiger partial charge is 0.326 e. The second-order valence-electron chi connectivity index (χ2n) is 2.24. The lowest BCUT2D eigenvalue weighted by atomic mass is 10.1. The number of hydrogen-bond donors (Lipinski definition) is 1. The van der Waals surface area contributed by atoms with Crippen LogP contribution in [0.3, 0.4) is 0 Å². The van der Waals surface area contributed by atoms with Crippen LogP contribution < -0.4 is 5.73 Å². The van der Waals surface area contributed by atoms with Crippen LogP contribution in [0, 0.1) is 12.5 Å². The topological polar surface area (TPSA) is 26.0 Å². The van der Waals surface area contributed by atoms with Crippen LogP contribution in [0.2, 0.25) is 0 Å². The van der Waals surface area contributed by atoms with E-state index in [1.54, 1.807) is 0 Å². The van der Waals surface area contributed by atoms with Gasteiger partial charge < -0.3 is 5.73 Å². The molecular weight excluding hydrogens is 86.1 g/mol. The first-order valence-electron chi connectivity index (χ1n) is 2.98. The van der Waals surface area contributed by atoms with E-state index >= 15 is 0 Å². The summed E-state index contributed by atoms with van der Waals surface area (Å²) in [5.74, 6) is 0.750. The van der Waals surface area contributed by atoms with Crippen molar-refractivity contribution in [1.29, 1.82) is 0 Å². The standard InChI is InChI=1S/C6H12N/c7-5-6-3-1-2-4-6/h5-6H,1-4,7H2. The fraction of sp³-hybridized carbons (Fsp3) is 0.833. The van der Waals surface area contributed by atoms with E-state index in [0.29, 0.717) is 0 Å². The van der Waals surface area contributed by atoms with E-state index in [1.165, 1.54) is 25.7 Å². The highest BCUT2D eigenvalue weighted by Crippen LogP contribution is 2.24. The third-order valence-electron chi connectivity index (χ3n) is 1.67. The minimum atomic E-state index is 0.750. The molecule has 1 aliphatic rings. The summed E-state index contributed by atoms with van der Waals surface area (Å²) in [6.45, 7) is 1.84. The third-order valence-corrected chi connectivity index (χ3v) is 1.67. The minimum absolute atomic E-state index is 0.750. The first-order chi connectivity index (χ1) is 3.43. The van der Waals surface area contributed by atoms with Crippen molar-refractivity contribution < 1.29 is 0 Å². The van der Waals surface area contributed by atoms with Gasteiger partial charge in [-0.25, -0.2) is 0 Å². The summed E-state index contributed by atoms with van der Waals surface area (Å²) < 4.78 is 0. The highest BCUT2D eigenvalue weighted by molar-refractivity contribution is 4.75. The molecule has 1 nitrogen and oxygen atoms in total. The average Bonchev–Trinajstić information content (AvgIpc) is 2.14. The molecule has 0 saturated heterocycles. The molecule has 0 atom stereocenters. The molecule has 0 bridgehead atoms. The van der Waals surface area contributed by atoms with Crippen LogP contribution in [0.15, 0.2) is 0 Å². The Bertz CT molecular complexity index is 46.1. The summed E-state index contributed by atoms with van der Waals surface area (Å²) in [5, 5.41) is 0. The van der Waals surface area contributed by atoms with Crippen LogP contribution >= 0.6 is 0 Å². The molecule has 41 valence electrons. The molecule has 1 rings (SSSR count). The highest BCUT2D eigenvalue weighted by atomic mass is 14.5. The molecule has 0 aromatic rings. The molecule has 0 aromatic carbocycles. The zero-order chi connectivity index (χ0) is 5.11. The Morgan fingerprint density at radius 1 is 1.29 bits per heavy atom. The predicted molar refractivity (Wildman–Crippen MR) is 30.4 cm³/mol. The lowest BCUT2D eigenvalue weighted by molar-refractivity contribution is 0.627. The Hall–Kier alpha value is -0.0400. The van der Waals surface area contributed by atoms with E-state index in [-0.39, 0.29) is 0 Å². The predicted octanol–water partition coefficient (Wildman–Crippen LogP) is 1.30. The molecule has 1 saturated carbocycles. The van der Waals surface area contributed by atoms with Crippen LogP contribution in [0.25, 0.3) is 0 Å². The fourth-order valence-corrected chi connectivity index (χ4v) is 1.15. The van der Waals surface area contributed by atoms with Gasteiger partial charge in [-0.05, 0) is 18.8 Å². The molecule has 1 aliphatic carbocycles. The molecule has 2 N–H and O–H groups in total. The van der Waals surface area contributed by atoms with Crippen molar-refractivity contribution in [3.05, 3.63) is 6.54 Å². The molecule has 0 aromatic heterocycles. The fourth-order valence-electron chi connectivity index (χ4n) is 1.15. The molecule has 1 fully saturated rings. The van der Waals surface area contributed by atoms with Crippen LogP contribution in [-0.4, -0.2) is 0 Å². The Balaban J connectivity index is 2.14. The van der Waals surface area contributed by atoms with Crippen LogP contribution in [0.5, 0.6) is 0 Å². The van der Waals surface area contributed by atoms with Gasteiger partial charge in [-0.3, -0.25) is 0 Å². The maximum atomic E-state index is 5.31. The first kappa shape index (κ1) is 5.10. The summed E-state index contributed by atoms with van der Waals surface area (Å²) in [5.41, 5.74) is 5.31. The van der Waals surface area contributed by atoms with E-state index in [9.17, 15) is 0 Å². The molecule has 0 unspecified atom stereocenters. The molecule has 1 radical (unpaired) electrons. The Morgan fingerprint density at radius 2 is 1.86 bits per heavy atom. The van der Waals surface area contributed by atoms with Gasteiger partial charge in [0.05, 0.1) is 0 Å². The number of nitrogens with two attached hydrogens (primary N) is 1. The van der Waals surface area contributed by atoms with Crippen molar-refractivity contribution in [2.75, 3.05) is 0 Å². The van der Waals surface area contributed by atoms with Gasteiger partial charge >= 0.3 is 0 Å². The van der Waals surface area contributed by atoms with Crippen LogP contribution in [0.1, 0.15) is 25.7 Å². The second-order valence-corrected chi connectivity index (χ2v) is 2.24. The maximum Gasteiger partial charge on any atom is 0.0223 e. The molecule has 7 heavy (non-hydrogen) atoms. The Morgan fingerprint density at radius 3 is 2.14 bits per heavy atom. The van der Waals surface area contributed by atoms with Gasteiger partial charge in [0.1, 0.15) is 0 Å². The first-order valence-corrected chi connectivity index (χ1v) is 2.98. The molecule has 0 aliphatic heterocycles. The third kappa shape index (κ3) is 1.16. The van der Waals surface area contributed by atoms with Gasteiger partial charge in [0, 0.05) is 6.54 Å². The van der Waals surface area contributed by atoms with E-state index < -0.39 is 0 Å². The van der Waals surface area contributed by atoms with Crippen molar-refractivity contribution in [3.63, 3.8) is 0 Å². The zero-order valence-electron chi connectivity index (χ0n) is 4.56. The van der Waals surface area contributed by atoms with Crippen LogP contribution in [0.4, 0.5) is 0 Å².